The molecule has 5 aliphatic carbocycles. The van der Waals surface area contributed by atoms with Gasteiger partial charge in [0.25, 0.3) is 0 Å². The Hall–Kier alpha value is -0.990. The standard InChI is InChI=1S/C38H62O7/c1-22(2)24-11-16-38(21-43-26-19-31(41)45-27(20-39)33(26)42)18-17-36(7)25(32(24)38)9-10-29-35(6)14-13-30(44-23(3)40)34(4,5)28(35)12-15-37(29,36)8/h24-33,39,41-42H,1,9-21H2,2-8H3/t24-,25+,26+,27+,28-,29+,30?,31?,32+,33+,35-,36+,37+,38+/m0/s1. The zero-order chi connectivity index (χ0) is 32.7. The highest BCUT2D eigenvalue weighted by molar-refractivity contribution is 5.66. The van der Waals surface area contributed by atoms with Crippen LogP contribution in [0.1, 0.15) is 119 Å². The van der Waals surface area contributed by atoms with E-state index in [2.05, 4.69) is 48.1 Å². The van der Waals surface area contributed by atoms with Crippen molar-refractivity contribution in [3.8, 4) is 0 Å². The van der Waals surface area contributed by atoms with Crippen molar-refractivity contribution in [3.63, 3.8) is 0 Å². The van der Waals surface area contributed by atoms with Gasteiger partial charge in [-0.2, -0.15) is 0 Å². The minimum absolute atomic E-state index is 0.00233. The maximum atomic E-state index is 12.0. The summed E-state index contributed by atoms with van der Waals surface area (Å²) in [7, 11) is 0. The average molecular weight is 631 g/mol. The molecular weight excluding hydrogens is 568 g/mol. The number of esters is 1. The summed E-state index contributed by atoms with van der Waals surface area (Å²) in [5.41, 5.74) is 1.96. The van der Waals surface area contributed by atoms with Crippen LogP contribution in [-0.4, -0.2) is 65.2 Å². The number of allylic oxidation sites excluding steroid dienone is 1. The highest BCUT2D eigenvalue weighted by atomic mass is 16.6. The summed E-state index contributed by atoms with van der Waals surface area (Å²) in [6.45, 7) is 21.2. The molecule has 0 spiro atoms. The van der Waals surface area contributed by atoms with Crippen LogP contribution in [0.15, 0.2) is 12.2 Å². The third-order valence-electron chi connectivity index (χ3n) is 15.8. The molecule has 45 heavy (non-hydrogen) atoms. The zero-order valence-corrected chi connectivity index (χ0v) is 29.1. The maximum absolute atomic E-state index is 12.0. The van der Waals surface area contributed by atoms with Crippen LogP contribution in [0.2, 0.25) is 0 Å². The van der Waals surface area contributed by atoms with Crippen molar-refractivity contribution in [1.29, 1.82) is 0 Å². The number of aliphatic hydroxyl groups is 3. The van der Waals surface area contributed by atoms with Crippen LogP contribution in [0.4, 0.5) is 0 Å². The van der Waals surface area contributed by atoms with Gasteiger partial charge in [-0.25, -0.2) is 0 Å². The van der Waals surface area contributed by atoms with Gasteiger partial charge < -0.3 is 29.5 Å². The van der Waals surface area contributed by atoms with Crippen molar-refractivity contribution in [2.24, 2.45) is 56.7 Å². The van der Waals surface area contributed by atoms with E-state index in [1.165, 1.54) is 37.7 Å². The van der Waals surface area contributed by atoms with E-state index in [1.54, 1.807) is 6.92 Å². The van der Waals surface area contributed by atoms with Gasteiger partial charge in [-0.1, -0.05) is 46.8 Å². The van der Waals surface area contributed by atoms with Crippen LogP contribution in [0.3, 0.4) is 0 Å². The Labute approximate surface area is 271 Å². The molecule has 0 radical (unpaired) electrons. The Morgan fingerprint density at radius 3 is 2.29 bits per heavy atom. The van der Waals surface area contributed by atoms with Gasteiger partial charge in [0.05, 0.1) is 19.3 Å². The predicted molar refractivity (Wildman–Crippen MR) is 173 cm³/mol. The van der Waals surface area contributed by atoms with Gasteiger partial charge in [0.2, 0.25) is 0 Å². The van der Waals surface area contributed by atoms with Crippen LogP contribution in [0.5, 0.6) is 0 Å². The van der Waals surface area contributed by atoms with Gasteiger partial charge in [0.15, 0.2) is 6.29 Å². The lowest BCUT2D eigenvalue weighted by molar-refractivity contribution is -0.265. The quantitative estimate of drug-likeness (QED) is 0.230. The second-order valence-corrected chi connectivity index (χ2v) is 17.9. The van der Waals surface area contributed by atoms with E-state index in [-0.39, 0.29) is 52.2 Å². The Balaban J connectivity index is 1.28. The number of aliphatic hydroxyl groups excluding tert-OH is 3. The fourth-order valence-corrected chi connectivity index (χ4v) is 13.4. The molecule has 0 bridgehead atoms. The predicted octanol–water partition coefficient (Wildman–Crippen LogP) is 6.42. The highest BCUT2D eigenvalue weighted by Gasteiger charge is 2.71. The molecule has 0 amide bonds. The summed E-state index contributed by atoms with van der Waals surface area (Å²) in [6, 6.07) is 0. The van der Waals surface area contributed by atoms with E-state index in [1.807, 2.05) is 0 Å². The molecule has 1 aliphatic heterocycles. The summed E-state index contributed by atoms with van der Waals surface area (Å²) in [4.78, 5) is 12.0. The number of carbonyl (C=O) groups excluding carboxylic acids is 1. The van der Waals surface area contributed by atoms with E-state index < -0.39 is 24.6 Å². The number of carbonyl (C=O) groups is 1. The minimum Gasteiger partial charge on any atom is -0.462 e. The van der Waals surface area contributed by atoms with Crippen LogP contribution in [0.25, 0.3) is 0 Å². The number of rotatable bonds is 6. The molecule has 7 heteroatoms. The van der Waals surface area contributed by atoms with E-state index in [0.717, 1.165) is 32.1 Å². The fourth-order valence-electron chi connectivity index (χ4n) is 13.4. The average Bonchev–Trinajstić information content (AvgIpc) is 3.35. The first kappa shape index (κ1) is 33.9. The normalized spacial score (nSPS) is 52.1. The molecule has 7 nitrogen and oxygen atoms in total. The number of hydrogen-bond donors (Lipinski definition) is 3. The number of hydrogen-bond acceptors (Lipinski definition) is 7. The van der Waals surface area contributed by atoms with E-state index in [0.29, 0.717) is 36.2 Å². The third kappa shape index (κ3) is 5.02. The van der Waals surface area contributed by atoms with Crippen LogP contribution in [0, 0.1) is 56.7 Å². The van der Waals surface area contributed by atoms with Crippen molar-refractivity contribution in [1.82, 2.24) is 0 Å². The first-order chi connectivity index (χ1) is 21.0. The Morgan fingerprint density at radius 1 is 0.889 bits per heavy atom. The van der Waals surface area contributed by atoms with Crippen molar-refractivity contribution >= 4 is 5.97 Å². The molecule has 1 saturated heterocycles. The molecule has 0 aromatic heterocycles. The first-order valence-corrected chi connectivity index (χ1v) is 18.1. The van der Waals surface area contributed by atoms with Crippen LogP contribution < -0.4 is 0 Å². The summed E-state index contributed by atoms with van der Waals surface area (Å²) >= 11 is 0. The lowest BCUT2D eigenvalue weighted by Gasteiger charge is -2.73. The molecule has 0 aromatic rings. The monoisotopic (exact) mass is 630 g/mol. The molecule has 1 heterocycles. The lowest BCUT2D eigenvalue weighted by Crippen LogP contribution is -2.67. The van der Waals surface area contributed by atoms with Crippen molar-refractivity contribution in [3.05, 3.63) is 12.2 Å². The number of fused-ring (bicyclic) bond motifs is 7. The summed E-state index contributed by atoms with van der Waals surface area (Å²) in [6.07, 6.45) is 8.38. The molecule has 6 fully saturated rings. The molecule has 256 valence electrons. The Kier molecular flexibility index (Phi) is 8.71. The van der Waals surface area contributed by atoms with Crippen LogP contribution >= 0.6 is 0 Å². The molecule has 2 unspecified atom stereocenters. The maximum Gasteiger partial charge on any atom is 0.302 e. The van der Waals surface area contributed by atoms with Gasteiger partial charge in [-0.05, 0) is 122 Å². The van der Waals surface area contributed by atoms with Gasteiger partial charge >= 0.3 is 5.97 Å². The first-order valence-electron chi connectivity index (χ1n) is 18.1. The van der Waals surface area contributed by atoms with Crippen molar-refractivity contribution in [2.45, 2.75) is 150 Å². The molecule has 6 aliphatic rings. The molecule has 3 N–H and O–H groups in total. The Morgan fingerprint density at radius 2 is 1.62 bits per heavy atom. The number of ether oxygens (including phenoxy) is 3. The fraction of sp³-hybridized carbons (Fsp3) is 0.921. The van der Waals surface area contributed by atoms with E-state index in [4.69, 9.17) is 14.2 Å². The third-order valence-corrected chi connectivity index (χ3v) is 15.8. The summed E-state index contributed by atoms with van der Waals surface area (Å²) in [5, 5.41) is 30.9. The molecule has 0 aromatic carbocycles. The molecule has 6 rings (SSSR count). The van der Waals surface area contributed by atoms with Gasteiger partial charge in [-0.15, -0.1) is 0 Å². The Bertz CT molecular complexity index is 1150. The van der Waals surface area contributed by atoms with Crippen molar-refractivity contribution < 1.29 is 34.3 Å². The zero-order valence-electron chi connectivity index (χ0n) is 29.1. The van der Waals surface area contributed by atoms with Crippen molar-refractivity contribution in [2.75, 3.05) is 13.2 Å². The molecule has 14 atom stereocenters. The van der Waals surface area contributed by atoms with E-state index in [9.17, 15) is 20.1 Å². The molecular formula is C38H62O7. The summed E-state index contributed by atoms with van der Waals surface area (Å²) in [5.74, 6) is 2.57. The second-order valence-electron chi connectivity index (χ2n) is 17.9. The highest BCUT2D eigenvalue weighted by Crippen LogP contribution is 2.77. The van der Waals surface area contributed by atoms with Gasteiger partial charge in [0.1, 0.15) is 18.3 Å². The van der Waals surface area contributed by atoms with E-state index >= 15 is 0 Å². The smallest absolute Gasteiger partial charge is 0.302 e. The lowest BCUT2D eigenvalue weighted by atomic mass is 9.32. The second kappa shape index (κ2) is 11.6. The topological polar surface area (TPSA) is 105 Å². The largest absolute Gasteiger partial charge is 0.462 e. The van der Waals surface area contributed by atoms with Gasteiger partial charge in [-0.3, -0.25) is 4.79 Å². The van der Waals surface area contributed by atoms with Crippen LogP contribution in [-0.2, 0) is 19.0 Å². The summed E-state index contributed by atoms with van der Waals surface area (Å²) < 4.78 is 17.9. The van der Waals surface area contributed by atoms with Gasteiger partial charge in [0, 0.05) is 18.8 Å². The SMILES string of the molecule is C=C(C)[C@@H]1CC[C@]2(CO[C@@H]3CC(O)O[C@H](CO)[C@@H]3O)CC[C@]3(C)[C@H](CC[C@@H]4[C@@]5(C)CCC(OC(C)=O)C(C)(C)[C@@H]5CC[C@]43C)[C@@H]12. The minimum atomic E-state index is -1.04. The molecule has 5 saturated carbocycles.